The number of guanidine groups is 1. The van der Waals surface area contributed by atoms with Crippen LogP contribution in [0.3, 0.4) is 0 Å². The second-order valence-corrected chi connectivity index (χ2v) is 6.06. The minimum absolute atomic E-state index is 0.0357. The molecule has 2 saturated heterocycles. The van der Waals surface area contributed by atoms with Crippen LogP contribution in [0, 0.1) is 0 Å². The molecule has 0 radical (unpaired) electrons. The van der Waals surface area contributed by atoms with E-state index in [1.54, 1.807) is 7.05 Å². The van der Waals surface area contributed by atoms with Crippen LogP contribution in [0.25, 0.3) is 0 Å². The van der Waals surface area contributed by atoms with Crippen molar-refractivity contribution in [2.75, 3.05) is 20.2 Å². The Hall–Kier alpha value is -2.03. The summed E-state index contributed by atoms with van der Waals surface area (Å²) in [7, 11) is 1.64. The van der Waals surface area contributed by atoms with E-state index in [9.17, 15) is 13.2 Å². The van der Waals surface area contributed by atoms with E-state index >= 15 is 0 Å². The SMILES string of the molecule is CN=C(NCCOc1ncccc1C(F)(F)F)NC1CC2CCC1O2. The summed E-state index contributed by atoms with van der Waals surface area (Å²) in [4.78, 5) is 7.78. The Bertz CT molecular complexity index is 624. The molecule has 0 aliphatic carbocycles. The maximum absolute atomic E-state index is 12.9. The van der Waals surface area contributed by atoms with E-state index < -0.39 is 17.6 Å². The summed E-state index contributed by atoms with van der Waals surface area (Å²) in [5.41, 5.74) is -0.878. The highest BCUT2D eigenvalue weighted by Crippen LogP contribution is 2.35. The van der Waals surface area contributed by atoms with Crippen LogP contribution in [-0.4, -0.2) is 49.4 Å². The molecule has 3 heterocycles. The number of halogens is 3. The Balaban J connectivity index is 1.45. The number of rotatable bonds is 5. The highest BCUT2D eigenvalue weighted by atomic mass is 19.4. The minimum Gasteiger partial charge on any atom is -0.475 e. The third-order valence-electron chi connectivity index (χ3n) is 4.36. The smallest absolute Gasteiger partial charge is 0.421 e. The quantitative estimate of drug-likeness (QED) is 0.479. The van der Waals surface area contributed by atoms with Crippen molar-refractivity contribution in [3.05, 3.63) is 23.9 Å². The Morgan fingerprint density at radius 2 is 2.28 bits per heavy atom. The van der Waals surface area contributed by atoms with Crippen molar-refractivity contribution in [1.29, 1.82) is 0 Å². The van der Waals surface area contributed by atoms with Gasteiger partial charge in [-0.2, -0.15) is 13.2 Å². The Kier molecular flexibility index (Phi) is 5.31. The number of hydrogen-bond acceptors (Lipinski definition) is 4. The lowest BCUT2D eigenvalue weighted by molar-refractivity contribution is -0.139. The molecule has 0 spiro atoms. The number of alkyl halides is 3. The molecule has 2 bridgehead atoms. The lowest BCUT2D eigenvalue weighted by Crippen LogP contribution is -2.48. The van der Waals surface area contributed by atoms with Crippen LogP contribution >= 0.6 is 0 Å². The largest absolute Gasteiger partial charge is 0.475 e. The molecule has 0 amide bonds. The van der Waals surface area contributed by atoms with Crippen molar-refractivity contribution in [1.82, 2.24) is 15.6 Å². The second-order valence-electron chi connectivity index (χ2n) is 6.06. The van der Waals surface area contributed by atoms with Crippen LogP contribution in [0.5, 0.6) is 5.88 Å². The van der Waals surface area contributed by atoms with Crippen molar-refractivity contribution in [3.63, 3.8) is 0 Å². The van der Waals surface area contributed by atoms with Gasteiger partial charge in [-0.3, -0.25) is 4.99 Å². The lowest BCUT2D eigenvalue weighted by atomic mass is 9.96. The van der Waals surface area contributed by atoms with E-state index in [-0.39, 0.29) is 18.8 Å². The van der Waals surface area contributed by atoms with Crippen molar-refractivity contribution in [2.24, 2.45) is 4.99 Å². The first kappa shape index (κ1) is 17.8. The van der Waals surface area contributed by atoms with Crippen molar-refractivity contribution >= 4 is 5.96 Å². The summed E-state index contributed by atoms with van der Waals surface area (Å²) in [6.45, 7) is 0.337. The number of ether oxygens (including phenoxy) is 2. The first-order chi connectivity index (χ1) is 12.0. The van der Waals surface area contributed by atoms with Gasteiger partial charge in [0.25, 0.3) is 0 Å². The second kappa shape index (κ2) is 7.47. The van der Waals surface area contributed by atoms with E-state index in [1.807, 2.05) is 0 Å². The maximum Gasteiger partial charge on any atom is 0.421 e. The molecule has 138 valence electrons. The molecule has 1 aromatic rings. The highest BCUT2D eigenvalue weighted by Gasteiger charge is 2.41. The lowest BCUT2D eigenvalue weighted by Gasteiger charge is -2.22. The molecule has 3 rings (SSSR count). The number of pyridine rings is 1. The number of hydrogen-bond donors (Lipinski definition) is 2. The van der Waals surface area contributed by atoms with E-state index in [0.29, 0.717) is 18.6 Å². The summed E-state index contributed by atoms with van der Waals surface area (Å²) in [6.07, 6.45) is 0.419. The van der Waals surface area contributed by atoms with Gasteiger partial charge in [0.15, 0.2) is 5.96 Å². The van der Waals surface area contributed by atoms with Gasteiger partial charge in [0.1, 0.15) is 12.2 Å². The van der Waals surface area contributed by atoms with Gasteiger partial charge in [0.2, 0.25) is 5.88 Å². The molecule has 2 N–H and O–H groups in total. The van der Waals surface area contributed by atoms with Crippen molar-refractivity contribution in [3.8, 4) is 5.88 Å². The van der Waals surface area contributed by atoms with Gasteiger partial charge in [-0.15, -0.1) is 0 Å². The average molecular weight is 358 g/mol. The van der Waals surface area contributed by atoms with E-state index in [2.05, 4.69) is 20.6 Å². The molecule has 6 nitrogen and oxygen atoms in total. The zero-order valence-corrected chi connectivity index (χ0v) is 13.8. The summed E-state index contributed by atoms with van der Waals surface area (Å²) >= 11 is 0. The molecular formula is C16H21F3N4O2. The van der Waals surface area contributed by atoms with E-state index in [4.69, 9.17) is 9.47 Å². The first-order valence-electron chi connectivity index (χ1n) is 8.25. The molecule has 25 heavy (non-hydrogen) atoms. The van der Waals surface area contributed by atoms with E-state index in [1.165, 1.54) is 12.3 Å². The zero-order valence-electron chi connectivity index (χ0n) is 13.8. The normalized spacial score (nSPS) is 25.9. The Labute approximate surface area is 143 Å². The van der Waals surface area contributed by atoms with Crippen LogP contribution in [0.4, 0.5) is 13.2 Å². The molecule has 2 aliphatic heterocycles. The number of nitrogens with zero attached hydrogens (tertiary/aromatic N) is 2. The summed E-state index contributed by atoms with van der Waals surface area (Å²) in [5, 5.41) is 6.33. The molecule has 0 aromatic carbocycles. The predicted molar refractivity (Wildman–Crippen MR) is 85.5 cm³/mol. The highest BCUT2D eigenvalue weighted by molar-refractivity contribution is 5.80. The van der Waals surface area contributed by atoms with Crippen LogP contribution in [0.15, 0.2) is 23.3 Å². The van der Waals surface area contributed by atoms with Crippen LogP contribution < -0.4 is 15.4 Å². The molecule has 2 fully saturated rings. The van der Waals surface area contributed by atoms with Crippen molar-refractivity contribution in [2.45, 2.75) is 43.7 Å². The van der Waals surface area contributed by atoms with Gasteiger partial charge in [-0.25, -0.2) is 4.98 Å². The van der Waals surface area contributed by atoms with Crippen LogP contribution in [-0.2, 0) is 10.9 Å². The molecule has 0 saturated carbocycles. The molecule has 9 heteroatoms. The molecule has 1 aromatic heterocycles. The van der Waals surface area contributed by atoms with Gasteiger partial charge in [0.05, 0.1) is 24.8 Å². The summed E-state index contributed by atoms with van der Waals surface area (Å²) in [6, 6.07) is 2.40. The molecular weight excluding hydrogens is 337 g/mol. The van der Waals surface area contributed by atoms with Gasteiger partial charge in [-0.05, 0) is 31.4 Å². The number of aromatic nitrogens is 1. The predicted octanol–water partition coefficient (Wildman–Crippen LogP) is 1.96. The first-order valence-corrected chi connectivity index (χ1v) is 8.25. The fourth-order valence-electron chi connectivity index (χ4n) is 3.20. The van der Waals surface area contributed by atoms with Gasteiger partial charge < -0.3 is 20.1 Å². The standard InChI is InChI=1S/C16H21F3N4O2/c1-20-15(23-12-9-10-4-5-13(12)25-10)22-7-8-24-14-11(16(17,18)19)3-2-6-21-14/h2-3,6,10,12-13H,4-5,7-9H2,1H3,(H2,20,22,23). The number of nitrogens with one attached hydrogen (secondary N) is 2. The summed E-state index contributed by atoms with van der Waals surface area (Å²) in [5.74, 6) is 0.170. The van der Waals surface area contributed by atoms with Crippen LogP contribution in [0.2, 0.25) is 0 Å². The van der Waals surface area contributed by atoms with Crippen LogP contribution in [0.1, 0.15) is 24.8 Å². The minimum atomic E-state index is -4.49. The molecule has 3 unspecified atom stereocenters. The van der Waals surface area contributed by atoms with Crippen molar-refractivity contribution < 1.29 is 22.6 Å². The fraction of sp³-hybridized carbons (Fsp3) is 0.625. The average Bonchev–Trinajstić information content (AvgIpc) is 3.20. The molecule has 3 atom stereocenters. The zero-order chi connectivity index (χ0) is 17.9. The Morgan fingerprint density at radius 1 is 1.44 bits per heavy atom. The maximum atomic E-state index is 12.9. The van der Waals surface area contributed by atoms with Gasteiger partial charge in [0, 0.05) is 13.2 Å². The van der Waals surface area contributed by atoms with E-state index in [0.717, 1.165) is 25.3 Å². The third-order valence-corrected chi connectivity index (χ3v) is 4.36. The van der Waals surface area contributed by atoms with Gasteiger partial charge in [-0.1, -0.05) is 0 Å². The fourth-order valence-corrected chi connectivity index (χ4v) is 3.20. The summed E-state index contributed by atoms with van der Waals surface area (Å²) < 4.78 is 49.5. The third kappa shape index (κ3) is 4.33. The number of fused-ring (bicyclic) bond motifs is 2. The number of aliphatic imine (C=N–C) groups is 1. The Morgan fingerprint density at radius 3 is 2.92 bits per heavy atom. The van der Waals surface area contributed by atoms with Gasteiger partial charge >= 0.3 is 6.18 Å². The molecule has 2 aliphatic rings. The monoisotopic (exact) mass is 358 g/mol. The topological polar surface area (TPSA) is 67.8 Å².